The Morgan fingerprint density at radius 2 is 1.49 bits per heavy atom. The molecule has 276 valence electrons. The first-order valence-electron chi connectivity index (χ1n) is 16.4. The van der Waals surface area contributed by atoms with E-state index in [-0.39, 0.29) is 29.9 Å². The quantitative estimate of drug-likeness (QED) is 0.164. The van der Waals surface area contributed by atoms with Gasteiger partial charge in [-0.1, -0.05) is 48.4 Å². The van der Waals surface area contributed by atoms with Gasteiger partial charge in [-0.25, -0.2) is 14.8 Å². The van der Waals surface area contributed by atoms with Crippen LogP contribution in [0, 0.1) is 18.8 Å². The zero-order valence-corrected chi connectivity index (χ0v) is 30.6. The van der Waals surface area contributed by atoms with E-state index in [9.17, 15) is 26.4 Å². The van der Waals surface area contributed by atoms with Crippen LogP contribution in [0.3, 0.4) is 0 Å². The maximum absolute atomic E-state index is 13.7. The van der Waals surface area contributed by atoms with Gasteiger partial charge in [-0.3, -0.25) is 27.6 Å². The molecule has 53 heavy (non-hydrogen) atoms. The summed E-state index contributed by atoms with van der Waals surface area (Å²) in [4.78, 5) is 42.2. The highest BCUT2D eigenvalue weighted by molar-refractivity contribution is 7.86. The fraction of sp³-hybridized carbons (Fsp3) is 0.286. The zero-order valence-electron chi connectivity index (χ0n) is 29.0. The third-order valence-electron chi connectivity index (χ3n) is 8.90. The van der Waals surface area contributed by atoms with Gasteiger partial charge in [-0.05, 0) is 44.9 Å². The van der Waals surface area contributed by atoms with Gasteiger partial charge in [0, 0.05) is 48.0 Å². The van der Waals surface area contributed by atoms with Crippen molar-refractivity contribution in [2.75, 3.05) is 18.0 Å². The van der Waals surface area contributed by atoms with Crippen LogP contribution >= 0.6 is 0 Å². The Bertz CT molecular complexity index is 2750. The second kappa shape index (κ2) is 14.5. The summed E-state index contributed by atoms with van der Waals surface area (Å²) in [5.41, 5.74) is 7.54. The molecule has 0 bridgehead atoms. The molecule has 0 radical (unpaired) electrons. The number of imidazole rings is 1. The van der Waals surface area contributed by atoms with Crippen molar-refractivity contribution in [3.8, 4) is 11.8 Å². The molecule has 1 aliphatic rings. The molecular weight excluding hydrogens is 725 g/mol. The topological polar surface area (TPSA) is 226 Å². The van der Waals surface area contributed by atoms with E-state index in [4.69, 9.17) is 19.8 Å². The first kappa shape index (κ1) is 37.3. The Morgan fingerprint density at radius 1 is 0.868 bits per heavy atom. The fourth-order valence-electron chi connectivity index (χ4n) is 6.45. The Kier molecular flexibility index (Phi) is 10.2. The molecule has 18 heteroatoms. The molecule has 0 saturated carbocycles. The maximum Gasteiger partial charge on any atom is 0.332 e. The number of nitrogens with zero attached hydrogens (tertiary/aromatic N) is 7. The molecular formula is C35H36N8O8S2. The van der Waals surface area contributed by atoms with Crippen LogP contribution in [0.2, 0.25) is 0 Å². The molecule has 1 atom stereocenters. The summed E-state index contributed by atoms with van der Waals surface area (Å²) in [6.45, 7) is 5.31. The smallest absolute Gasteiger partial charge is 0.332 e. The largest absolute Gasteiger partial charge is 0.341 e. The van der Waals surface area contributed by atoms with Gasteiger partial charge in [-0.15, -0.1) is 5.92 Å². The Hall–Kier alpha value is -5.45. The average Bonchev–Trinajstić information content (AvgIpc) is 3.50. The van der Waals surface area contributed by atoms with Crippen LogP contribution in [-0.2, 0) is 40.4 Å². The van der Waals surface area contributed by atoms with Crippen molar-refractivity contribution in [1.29, 1.82) is 0 Å². The van der Waals surface area contributed by atoms with Crippen molar-refractivity contribution in [2.24, 2.45) is 12.8 Å². The number of benzene rings is 3. The molecule has 4 heterocycles. The Morgan fingerprint density at radius 3 is 2.09 bits per heavy atom. The van der Waals surface area contributed by atoms with E-state index < -0.39 is 41.3 Å². The lowest BCUT2D eigenvalue weighted by atomic mass is 10.1. The number of hydrogen-bond acceptors (Lipinski definition) is 11. The number of fused-ring (bicyclic) bond motifs is 3. The van der Waals surface area contributed by atoms with E-state index in [1.54, 1.807) is 18.5 Å². The monoisotopic (exact) mass is 760 g/mol. The van der Waals surface area contributed by atoms with Gasteiger partial charge >= 0.3 is 5.69 Å². The summed E-state index contributed by atoms with van der Waals surface area (Å²) < 4.78 is 67.1. The number of anilines is 1. The van der Waals surface area contributed by atoms with Crippen LogP contribution in [0.1, 0.15) is 31.3 Å². The molecule has 4 N–H and O–H groups in total. The highest BCUT2D eigenvalue weighted by Crippen LogP contribution is 2.28. The van der Waals surface area contributed by atoms with Crippen LogP contribution in [-0.4, -0.2) is 73.7 Å². The fourth-order valence-corrected chi connectivity index (χ4v) is 7.86. The molecule has 16 nitrogen and oxygen atoms in total. The van der Waals surface area contributed by atoms with Gasteiger partial charge in [0.25, 0.3) is 25.8 Å². The third-order valence-corrected chi connectivity index (χ3v) is 10.7. The summed E-state index contributed by atoms with van der Waals surface area (Å²) in [5, 5.41) is 0.984. The number of aromatic nitrogens is 6. The van der Waals surface area contributed by atoms with Crippen molar-refractivity contribution in [2.45, 2.75) is 55.6 Å². The predicted octanol–water partition coefficient (Wildman–Crippen LogP) is 2.48. The summed E-state index contributed by atoms with van der Waals surface area (Å²) in [6.07, 6.45) is 1.88. The second-order valence-corrected chi connectivity index (χ2v) is 15.3. The molecule has 0 unspecified atom stereocenters. The molecule has 1 fully saturated rings. The number of nitrogens with two attached hydrogens (primary N) is 1. The van der Waals surface area contributed by atoms with Crippen molar-refractivity contribution in [3.63, 3.8) is 0 Å². The summed E-state index contributed by atoms with van der Waals surface area (Å²) in [6, 6.07) is 15.2. The van der Waals surface area contributed by atoms with Crippen LogP contribution in [0.4, 0.5) is 5.95 Å². The highest BCUT2D eigenvalue weighted by Gasteiger charge is 2.26. The lowest BCUT2D eigenvalue weighted by Gasteiger charge is -2.31. The first-order valence-corrected chi connectivity index (χ1v) is 19.3. The third kappa shape index (κ3) is 7.42. The molecule has 1 aliphatic heterocycles. The lowest BCUT2D eigenvalue weighted by molar-refractivity contribution is 0.481. The maximum atomic E-state index is 13.7. The zero-order chi connectivity index (χ0) is 38.2. The number of para-hydroxylation sites is 1. The molecule has 0 amide bonds. The van der Waals surface area contributed by atoms with Crippen LogP contribution in [0.15, 0.2) is 80.0 Å². The van der Waals surface area contributed by atoms with Crippen LogP contribution in [0.5, 0.6) is 0 Å². The number of aryl methyl sites for hydroxylation is 2. The average molecular weight is 761 g/mol. The lowest BCUT2D eigenvalue weighted by Crippen LogP contribution is -2.44. The Labute approximate surface area is 304 Å². The minimum absolute atomic E-state index is 0.0233. The second-order valence-electron chi connectivity index (χ2n) is 12.5. The van der Waals surface area contributed by atoms with Crippen LogP contribution in [0.25, 0.3) is 32.8 Å². The molecule has 7 rings (SSSR count). The number of hydrogen-bond donors (Lipinski definition) is 3. The molecule has 0 aliphatic carbocycles. The van der Waals surface area contributed by atoms with E-state index in [2.05, 4.69) is 26.7 Å². The van der Waals surface area contributed by atoms with E-state index >= 15 is 0 Å². The van der Waals surface area contributed by atoms with Gasteiger partial charge in [-0.2, -0.15) is 21.8 Å². The van der Waals surface area contributed by atoms with Crippen molar-refractivity contribution in [3.05, 3.63) is 93.0 Å². The van der Waals surface area contributed by atoms with E-state index in [1.165, 1.54) is 33.4 Å². The first-order chi connectivity index (χ1) is 25.1. The number of rotatable bonds is 6. The molecule has 3 aromatic heterocycles. The van der Waals surface area contributed by atoms with Gasteiger partial charge in [0.2, 0.25) is 5.95 Å². The molecule has 6 aromatic rings. The van der Waals surface area contributed by atoms with Gasteiger partial charge < -0.3 is 10.6 Å². The highest BCUT2D eigenvalue weighted by atomic mass is 32.2. The minimum Gasteiger partial charge on any atom is -0.341 e. The van der Waals surface area contributed by atoms with Gasteiger partial charge in [0.05, 0.1) is 18.6 Å². The number of piperidine rings is 1. The van der Waals surface area contributed by atoms with Crippen LogP contribution < -0.4 is 21.9 Å². The predicted molar refractivity (Wildman–Crippen MR) is 199 cm³/mol. The van der Waals surface area contributed by atoms with Crippen molar-refractivity contribution >= 4 is 59.0 Å². The standard InChI is InChI=1S/C25H28N8O2.C10H8O6S2/c1-4-5-13-32-21-22(29-24(32)31-12-8-9-17(26)14-31)30(3)25(35)33(23(21)34)15-20-27-16(2)18-10-6-7-11-19(18)28-20;11-17(12,13)9-5-1-3-7-8(9)4-2-6-10(7)18(14,15)16/h6-7,10-11,17H,8-9,12-15,26H2,1-3H3;1-6H,(H,11,12,13)(H,14,15,16)/t17-;/m1./s1. The molecule has 0 spiro atoms. The van der Waals surface area contributed by atoms with Crippen molar-refractivity contribution < 1.29 is 25.9 Å². The summed E-state index contributed by atoms with van der Waals surface area (Å²) in [5.74, 6) is 6.96. The summed E-state index contributed by atoms with van der Waals surface area (Å²) in [7, 11) is -7.31. The van der Waals surface area contributed by atoms with Gasteiger partial charge in [0.15, 0.2) is 11.2 Å². The Balaban J connectivity index is 0.000000225. The van der Waals surface area contributed by atoms with Gasteiger partial charge in [0.1, 0.15) is 15.6 Å². The van der Waals surface area contributed by atoms with E-state index in [0.29, 0.717) is 29.5 Å². The SMILES string of the molecule is CC#CCn1c(N2CCC[C@@H](N)C2)nc2c1c(=O)n(Cc1nc(C)c3ccccc3n1)c(=O)n2C.O=S(=O)(O)c1cccc2c(S(=O)(=O)O)cccc12. The molecule has 1 saturated heterocycles. The molecule has 3 aromatic carbocycles. The normalized spacial score (nSPS) is 14.9. The minimum atomic E-state index is -4.47. The van der Waals surface area contributed by atoms with E-state index in [0.717, 1.165) is 48.1 Å². The summed E-state index contributed by atoms with van der Waals surface area (Å²) >= 11 is 0. The van der Waals surface area contributed by atoms with Crippen molar-refractivity contribution in [1.82, 2.24) is 28.7 Å². The van der Waals surface area contributed by atoms with E-state index in [1.807, 2.05) is 31.2 Å².